The monoisotopic (exact) mass is 456 g/mol. The second-order valence-corrected chi connectivity index (χ2v) is 7.82. The molecule has 1 atom stereocenters. The first-order chi connectivity index (χ1) is 15.8. The first kappa shape index (κ1) is 25.9. The van der Waals surface area contributed by atoms with Crippen LogP contribution < -0.4 is 10.1 Å². The van der Waals surface area contributed by atoms with E-state index >= 15 is 0 Å². The molecule has 8 heteroatoms. The van der Waals surface area contributed by atoms with Crippen molar-refractivity contribution < 1.29 is 29.0 Å². The van der Waals surface area contributed by atoms with E-state index in [0.29, 0.717) is 30.9 Å². The van der Waals surface area contributed by atoms with Gasteiger partial charge < -0.3 is 24.8 Å². The van der Waals surface area contributed by atoms with Crippen LogP contribution in [0, 0.1) is 6.92 Å². The van der Waals surface area contributed by atoms with Gasteiger partial charge in [0.1, 0.15) is 5.75 Å². The Morgan fingerprint density at radius 2 is 1.70 bits per heavy atom. The fourth-order valence-corrected chi connectivity index (χ4v) is 3.36. The number of carboxylic acids is 1. The first-order valence-electron chi connectivity index (χ1n) is 10.8. The molecule has 33 heavy (non-hydrogen) atoms. The summed E-state index contributed by atoms with van der Waals surface area (Å²) in [7, 11) is 3.12. The second-order valence-electron chi connectivity index (χ2n) is 7.82. The lowest BCUT2D eigenvalue weighted by Gasteiger charge is -2.24. The van der Waals surface area contributed by atoms with Gasteiger partial charge >= 0.3 is 5.97 Å². The standard InChI is InChI=1S/C25H32N2O6/c1-18-5-7-19(8-6-18)15-24(29)27(13-4-14-32-2)17-23(28)26-22(16-25(30)31)20-9-11-21(33-3)12-10-20/h5-12,22H,4,13-17H2,1-3H3,(H,26,28)(H,30,31). The van der Waals surface area contributed by atoms with Crippen molar-refractivity contribution in [2.24, 2.45) is 0 Å². The highest BCUT2D eigenvalue weighted by atomic mass is 16.5. The van der Waals surface area contributed by atoms with Crippen LogP contribution in [0.1, 0.15) is 35.6 Å². The molecule has 0 aliphatic carbocycles. The van der Waals surface area contributed by atoms with Crippen LogP contribution in [0.5, 0.6) is 5.75 Å². The van der Waals surface area contributed by atoms with E-state index in [0.717, 1.165) is 11.1 Å². The maximum Gasteiger partial charge on any atom is 0.305 e. The van der Waals surface area contributed by atoms with Crippen LogP contribution >= 0.6 is 0 Å². The molecular weight excluding hydrogens is 424 g/mol. The van der Waals surface area contributed by atoms with Gasteiger partial charge in [0, 0.05) is 20.3 Å². The van der Waals surface area contributed by atoms with Gasteiger partial charge in [-0.25, -0.2) is 0 Å². The Balaban J connectivity index is 2.09. The summed E-state index contributed by atoms with van der Waals surface area (Å²) in [6.07, 6.45) is 0.483. The molecule has 0 radical (unpaired) electrons. The number of aliphatic carboxylic acids is 1. The van der Waals surface area contributed by atoms with Gasteiger partial charge in [-0.1, -0.05) is 42.0 Å². The molecule has 2 rings (SSSR count). The number of carboxylic acid groups (broad SMARTS) is 1. The van der Waals surface area contributed by atoms with Crippen LogP contribution in [0.2, 0.25) is 0 Å². The Kier molecular flexibility index (Phi) is 10.4. The molecule has 0 aliphatic heterocycles. The quantitative estimate of drug-likeness (QED) is 0.449. The summed E-state index contributed by atoms with van der Waals surface area (Å²) >= 11 is 0. The van der Waals surface area contributed by atoms with Crippen LogP contribution in [-0.2, 0) is 25.5 Å². The van der Waals surface area contributed by atoms with E-state index in [1.54, 1.807) is 31.4 Å². The molecule has 2 aromatic rings. The first-order valence-corrected chi connectivity index (χ1v) is 10.8. The molecule has 0 heterocycles. The summed E-state index contributed by atoms with van der Waals surface area (Å²) in [5, 5.41) is 12.1. The number of nitrogens with one attached hydrogen (secondary N) is 1. The number of rotatable bonds is 13. The third-order valence-electron chi connectivity index (χ3n) is 5.17. The van der Waals surface area contributed by atoms with Crippen LogP contribution in [0.4, 0.5) is 0 Å². The summed E-state index contributed by atoms with van der Waals surface area (Å²) in [5.41, 5.74) is 2.61. The predicted octanol–water partition coefficient (Wildman–Crippen LogP) is 2.74. The molecule has 2 aromatic carbocycles. The summed E-state index contributed by atoms with van der Waals surface area (Å²) < 4.78 is 10.2. The molecule has 0 aromatic heterocycles. The zero-order valence-electron chi connectivity index (χ0n) is 19.4. The number of hydrogen-bond acceptors (Lipinski definition) is 5. The number of methoxy groups -OCH3 is 2. The Labute approximate surface area is 194 Å². The zero-order valence-corrected chi connectivity index (χ0v) is 19.4. The molecule has 0 spiro atoms. The van der Waals surface area contributed by atoms with Crippen molar-refractivity contribution in [1.29, 1.82) is 0 Å². The zero-order chi connectivity index (χ0) is 24.2. The van der Waals surface area contributed by atoms with Crippen molar-refractivity contribution in [3.05, 3.63) is 65.2 Å². The average molecular weight is 457 g/mol. The van der Waals surface area contributed by atoms with Gasteiger partial charge in [0.2, 0.25) is 11.8 Å². The van der Waals surface area contributed by atoms with Crippen LogP contribution in [0.25, 0.3) is 0 Å². The fourth-order valence-electron chi connectivity index (χ4n) is 3.36. The summed E-state index contributed by atoms with van der Waals surface area (Å²) in [6, 6.07) is 13.8. The van der Waals surface area contributed by atoms with Gasteiger partial charge in [-0.05, 0) is 36.6 Å². The highest BCUT2D eigenvalue weighted by molar-refractivity contribution is 5.86. The number of hydrogen-bond donors (Lipinski definition) is 2. The molecule has 2 amide bonds. The predicted molar refractivity (Wildman–Crippen MR) is 124 cm³/mol. The van der Waals surface area contributed by atoms with Crippen molar-refractivity contribution in [2.75, 3.05) is 33.9 Å². The van der Waals surface area contributed by atoms with E-state index in [4.69, 9.17) is 9.47 Å². The SMILES string of the molecule is COCCCN(CC(=O)NC(CC(=O)O)c1ccc(OC)cc1)C(=O)Cc1ccc(C)cc1. The van der Waals surface area contributed by atoms with E-state index in [-0.39, 0.29) is 25.3 Å². The van der Waals surface area contributed by atoms with E-state index < -0.39 is 17.9 Å². The average Bonchev–Trinajstić information content (AvgIpc) is 2.79. The largest absolute Gasteiger partial charge is 0.497 e. The molecule has 0 bridgehead atoms. The number of carbonyl (C=O) groups excluding carboxylic acids is 2. The maximum absolute atomic E-state index is 12.9. The fraction of sp³-hybridized carbons (Fsp3) is 0.400. The van der Waals surface area contributed by atoms with Crippen LogP contribution in [0.15, 0.2) is 48.5 Å². The number of ether oxygens (including phenoxy) is 2. The molecule has 0 saturated carbocycles. The van der Waals surface area contributed by atoms with Crippen molar-refractivity contribution in [3.63, 3.8) is 0 Å². The molecule has 0 fully saturated rings. The Bertz CT molecular complexity index is 911. The number of benzene rings is 2. The minimum atomic E-state index is -1.04. The lowest BCUT2D eigenvalue weighted by molar-refractivity contribution is -0.139. The second kappa shape index (κ2) is 13.2. The van der Waals surface area contributed by atoms with Gasteiger partial charge in [0.15, 0.2) is 0 Å². The molecule has 8 nitrogen and oxygen atoms in total. The Morgan fingerprint density at radius 1 is 1.03 bits per heavy atom. The number of amides is 2. The lowest BCUT2D eigenvalue weighted by atomic mass is 10.0. The lowest BCUT2D eigenvalue weighted by Crippen LogP contribution is -2.43. The summed E-state index contributed by atoms with van der Waals surface area (Å²) in [5.74, 6) is -1.01. The van der Waals surface area contributed by atoms with E-state index in [2.05, 4.69) is 5.32 Å². The highest BCUT2D eigenvalue weighted by Crippen LogP contribution is 2.20. The number of nitrogens with zero attached hydrogens (tertiary/aromatic N) is 1. The third-order valence-corrected chi connectivity index (χ3v) is 5.17. The number of aryl methyl sites for hydroxylation is 1. The van der Waals surface area contributed by atoms with Gasteiger partial charge in [-0.3, -0.25) is 14.4 Å². The summed E-state index contributed by atoms with van der Waals surface area (Å²) in [4.78, 5) is 38.6. The molecular formula is C25H32N2O6. The molecule has 2 N–H and O–H groups in total. The van der Waals surface area contributed by atoms with E-state index in [9.17, 15) is 19.5 Å². The van der Waals surface area contributed by atoms with Crippen LogP contribution in [-0.4, -0.2) is 61.7 Å². The minimum Gasteiger partial charge on any atom is -0.497 e. The van der Waals surface area contributed by atoms with Gasteiger partial charge in [0.25, 0.3) is 0 Å². The van der Waals surface area contributed by atoms with Crippen molar-refractivity contribution in [1.82, 2.24) is 10.2 Å². The Hall–Kier alpha value is -3.39. The third kappa shape index (κ3) is 8.94. The highest BCUT2D eigenvalue weighted by Gasteiger charge is 2.22. The van der Waals surface area contributed by atoms with E-state index in [1.807, 2.05) is 31.2 Å². The molecule has 0 aliphatic rings. The molecule has 1 unspecified atom stereocenters. The van der Waals surface area contributed by atoms with E-state index in [1.165, 1.54) is 12.0 Å². The van der Waals surface area contributed by atoms with Crippen molar-refractivity contribution >= 4 is 17.8 Å². The van der Waals surface area contributed by atoms with Gasteiger partial charge in [-0.15, -0.1) is 0 Å². The van der Waals surface area contributed by atoms with Crippen LogP contribution in [0.3, 0.4) is 0 Å². The summed E-state index contributed by atoms with van der Waals surface area (Å²) in [6.45, 7) is 2.63. The maximum atomic E-state index is 12.9. The van der Waals surface area contributed by atoms with Gasteiger partial charge in [0.05, 0.1) is 32.5 Å². The normalized spacial score (nSPS) is 11.5. The number of carbonyl (C=O) groups is 3. The minimum absolute atomic E-state index is 0.166. The smallest absolute Gasteiger partial charge is 0.305 e. The van der Waals surface area contributed by atoms with Gasteiger partial charge in [-0.2, -0.15) is 0 Å². The molecule has 0 saturated heterocycles. The van der Waals surface area contributed by atoms with Crippen molar-refractivity contribution in [2.45, 2.75) is 32.2 Å². The molecule has 178 valence electrons. The Morgan fingerprint density at radius 3 is 2.27 bits per heavy atom. The topological polar surface area (TPSA) is 105 Å². The van der Waals surface area contributed by atoms with Crippen molar-refractivity contribution in [3.8, 4) is 5.75 Å².